The van der Waals surface area contributed by atoms with Crippen molar-refractivity contribution < 1.29 is 19.0 Å². The van der Waals surface area contributed by atoms with Crippen molar-refractivity contribution in [2.75, 3.05) is 20.3 Å². The zero-order chi connectivity index (χ0) is 20.5. The van der Waals surface area contributed by atoms with Crippen LogP contribution in [0.25, 0.3) is 0 Å². The molecule has 1 saturated heterocycles. The predicted molar refractivity (Wildman–Crippen MR) is 111 cm³/mol. The van der Waals surface area contributed by atoms with E-state index in [9.17, 15) is 4.79 Å². The molecule has 0 bridgehead atoms. The number of carbonyl (C=O) groups excluding carboxylic acids is 1. The maximum absolute atomic E-state index is 12.6. The van der Waals surface area contributed by atoms with E-state index in [0.29, 0.717) is 36.9 Å². The van der Waals surface area contributed by atoms with Gasteiger partial charge in [-0.05, 0) is 30.0 Å². The number of hydrogen-bond donors (Lipinski definition) is 2. The lowest BCUT2D eigenvalue weighted by atomic mass is 10.2. The third-order valence-electron chi connectivity index (χ3n) is 4.22. The van der Waals surface area contributed by atoms with Gasteiger partial charge in [0, 0.05) is 25.1 Å². The van der Waals surface area contributed by atoms with E-state index in [2.05, 4.69) is 10.3 Å². The van der Waals surface area contributed by atoms with E-state index in [-0.39, 0.29) is 11.9 Å². The maximum Gasteiger partial charge on any atom is 0.279 e. The summed E-state index contributed by atoms with van der Waals surface area (Å²) in [4.78, 5) is 16.5. The molecule has 29 heavy (non-hydrogen) atoms. The second-order valence-electron chi connectivity index (χ2n) is 6.53. The van der Waals surface area contributed by atoms with Crippen LogP contribution in [0.5, 0.6) is 11.5 Å². The second-order valence-corrected chi connectivity index (χ2v) is 6.53. The highest BCUT2D eigenvalue weighted by Gasteiger charge is 2.19. The van der Waals surface area contributed by atoms with Gasteiger partial charge < -0.3 is 25.3 Å². The number of nitrogens with two attached hydrogens (primary N) is 1. The summed E-state index contributed by atoms with van der Waals surface area (Å²) in [6.07, 6.45) is 3.87. The summed E-state index contributed by atoms with van der Waals surface area (Å²) in [5, 5.41) is 2.80. The van der Waals surface area contributed by atoms with Gasteiger partial charge in [-0.25, -0.2) is 0 Å². The Bertz CT molecular complexity index is 875. The minimum atomic E-state index is -0.471. The molecule has 0 spiro atoms. The van der Waals surface area contributed by atoms with E-state index >= 15 is 0 Å². The number of ether oxygens (including phenoxy) is 3. The van der Waals surface area contributed by atoms with Crippen LogP contribution in [0, 0.1) is 0 Å². The van der Waals surface area contributed by atoms with Gasteiger partial charge in [0.25, 0.3) is 5.91 Å². The Morgan fingerprint density at radius 1 is 1.28 bits per heavy atom. The Kier molecular flexibility index (Phi) is 7.24. The third-order valence-corrected chi connectivity index (χ3v) is 4.22. The molecule has 0 aliphatic carbocycles. The average Bonchev–Trinajstić information content (AvgIpc) is 3.24. The lowest BCUT2D eigenvalue weighted by molar-refractivity contribution is 0.100. The Balaban J connectivity index is 1.81. The van der Waals surface area contributed by atoms with Gasteiger partial charge in [-0.1, -0.05) is 30.3 Å². The zero-order valence-corrected chi connectivity index (χ0v) is 16.3. The lowest BCUT2D eigenvalue weighted by Crippen LogP contribution is -2.16. The van der Waals surface area contributed by atoms with Gasteiger partial charge in [0.05, 0.1) is 13.2 Å². The molecule has 7 heteroatoms. The van der Waals surface area contributed by atoms with E-state index < -0.39 is 5.91 Å². The number of amidine groups is 1. The minimum absolute atomic E-state index is 0.0468. The van der Waals surface area contributed by atoms with Crippen LogP contribution in [0.3, 0.4) is 0 Å². The molecule has 1 atom stereocenters. The van der Waals surface area contributed by atoms with Crippen LogP contribution in [0.2, 0.25) is 0 Å². The number of carbonyl (C=O) groups is 1. The molecule has 3 rings (SSSR count). The number of amides is 1. The van der Waals surface area contributed by atoms with Gasteiger partial charge in [0.2, 0.25) is 0 Å². The molecule has 0 radical (unpaired) electrons. The molecule has 1 amide bonds. The second kappa shape index (κ2) is 10.3. The van der Waals surface area contributed by atoms with E-state index in [1.807, 2.05) is 30.3 Å². The molecule has 0 aromatic heterocycles. The van der Waals surface area contributed by atoms with Crippen LogP contribution in [-0.4, -0.2) is 38.1 Å². The van der Waals surface area contributed by atoms with Gasteiger partial charge in [-0.3, -0.25) is 4.79 Å². The molecule has 0 saturated carbocycles. The smallest absolute Gasteiger partial charge is 0.279 e. The van der Waals surface area contributed by atoms with Gasteiger partial charge in [0.1, 0.15) is 30.0 Å². The lowest BCUT2D eigenvalue weighted by Gasteiger charge is -2.14. The highest BCUT2D eigenvalue weighted by atomic mass is 16.5. The van der Waals surface area contributed by atoms with Crippen molar-refractivity contribution in [1.82, 2.24) is 5.32 Å². The minimum Gasteiger partial charge on any atom is -0.489 e. The Hall–Kier alpha value is -3.32. The van der Waals surface area contributed by atoms with Gasteiger partial charge in [-0.2, -0.15) is 4.99 Å². The van der Waals surface area contributed by atoms with E-state index in [1.54, 1.807) is 31.4 Å². The van der Waals surface area contributed by atoms with Crippen molar-refractivity contribution in [3.8, 4) is 11.5 Å². The number of aliphatic imine (C=N–C) groups is 1. The van der Waals surface area contributed by atoms with Crippen LogP contribution < -0.4 is 20.5 Å². The Labute approximate surface area is 170 Å². The van der Waals surface area contributed by atoms with E-state index in [4.69, 9.17) is 19.9 Å². The fraction of sp³-hybridized carbons (Fsp3) is 0.273. The number of nitrogens with zero attached hydrogens (tertiary/aromatic N) is 1. The number of benzene rings is 2. The first-order valence-electron chi connectivity index (χ1n) is 9.42. The number of nitrogens with one attached hydrogen (secondary N) is 1. The fourth-order valence-corrected chi connectivity index (χ4v) is 2.77. The summed E-state index contributed by atoms with van der Waals surface area (Å²) in [5.41, 5.74) is 7.13. The van der Waals surface area contributed by atoms with Crippen LogP contribution >= 0.6 is 0 Å². The van der Waals surface area contributed by atoms with Crippen molar-refractivity contribution in [1.29, 1.82) is 0 Å². The van der Waals surface area contributed by atoms with Gasteiger partial charge >= 0.3 is 0 Å². The standard InChI is InChI=1S/C22H25N3O4/c1-24-9-7-21(23)25-22(26)17-11-19(28-14-16-5-3-2-4-6-16)13-20(12-17)29-18-8-10-27-15-18/h2-7,9,11-13,18,24H,8,10,14-15H2,1H3,(H2,23,25,26)/b9-7-. The summed E-state index contributed by atoms with van der Waals surface area (Å²) >= 11 is 0. The normalized spacial score (nSPS) is 16.7. The van der Waals surface area contributed by atoms with Gasteiger partial charge in [0.15, 0.2) is 0 Å². The maximum atomic E-state index is 12.6. The summed E-state index contributed by atoms with van der Waals surface area (Å²) in [5.74, 6) is 0.690. The quantitative estimate of drug-likeness (QED) is 0.527. The summed E-state index contributed by atoms with van der Waals surface area (Å²) in [6, 6.07) is 14.8. The molecule has 1 aliphatic rings. The van der Waals surface area contributed by atoms with Crippen LogP contribution in [0.4, 0.5) is 0 Å². The van der Waals surface area contributed by atoms with Crippen molar-refractivity contribution in [2.24, 2.45) is 10.7 Å². The molecule has 152 valence electrons. The van der Waals surface area contributed by atoms with Gasteiger partial charge in [-0.15, -0.1) is 0 Å². The van der Waals surface area contributed by atoms with Crippen molar-refractivity contribution in [2.45, 2.75) is 19.1 Å². The molecular weight excluding hydrogens is 370 g/mol. The Morgan fingerprint density at radius 2 is 2.07 bits per heavy atom. The average molecular weight is 395 g/mol. The largest absolute Gasteiger partial charge is 0.489 e. The predicted octanol–water partition coefficient (Wildman–Crippen LogP) is 2.66. The SMILES string of the molecule is CN/C=C\C(N)=NC(=O)c1cc(OCc2ccccc2)cc(OC2CCOC2)c1. The molecule has 1 heterocycles. The first kappa shape index (κ1) is 20.4. The van der Waals surface area contributed by atoms with E-state index in [1.165, 1.54) is 6.08 Å². The van der Waals surface area contributed by atoms with Crippen molar-refractivity contribution in [3.05, 3.63) is 71.9 Å². The van der Waals surface area contributed by atoms with Crippen LogP contribution in [-0.2, 0) is 11.3 Å². The number of rotatable bonds is 8. The first-order valence-corrected chi connectivity index (χ1v) is 9.42. The number of hydrogen-bond acceptors (Lipinski definition) is 5. The monoisotopic (exact) mass is 395 g/mol. The molecular formula is C22H25N3O4. The van der Waals surface area contributed by atoms with Crippen LogP contribution in [0.1, 0.15) is 22.3 Å². The van der Waals surface area contributed by atoms with E-state index in [0.717, 1.165) is 12.0 Å². The molecule has 1 aliphatic heterocycles. The van der Waals surface area contributed by atoms with Crippen molar-refractivity contribution in [3.63, 3.8) is 0 Å². The van der Waals surface area contributed by atoms with Crippen molar-refractivity contribution >= 4 is 11.7 Å². The third kappa shape index (κ3) is 6.36. The Morgan fingerprint density at radius 3 is 2.79 bits per heavy atom. The highest BCUT2D eigenvalue weighted by Crippen LogP contribution is 2.26. The fourth-order valence-electron chi connectivity index (χ4n) is 2.77. The zero-order valence-electron chi connectivity index (χ0n) is 16.3. The molecule has 2 aromatic rings. The molecule has 3 N–H and O–H groups in total. The first-order chi connectivity index (χ1) is 14.1. The molecule has 2 aromatic carbocycles. The highest BCUT2D eigenvalue weighted by molar-refractivity contribution is 6.06. The molecule has 1 fully saturated rings. The summed E-state index contributed by atoms with van der Waals surface area (Å²) in [6.45, 7) is 1.57. The summed E-state index contributed by atoms with van der Waals surface area (Å²) in [7, 11) is 1.73. The molecule has 7 nitrogen and oxygen atoms in total. The van der Waals surface area contributed by atoms with Crippen LogP contribution in [0.15, 0.2) is 65.8 Å². The molecule has 1 unspecified atom stereocenters. The topological polar surface area (TPSA) is 95.2 Å². The summed E-state index contributed by atoms with van der Waals surface area (Å²) < 4.78 is 17.2.